The molecular formula is C83H90Cl3N9O27. The van der Waals surface area contributed by atoms with Gasteiger partial charge in [-0.2, -0.15) is 0 Å². The number of aliphatic carboxylic acids is 1. The molecule has 7 aromatic rings. The lowest BCUT2D eigenvalue weighted by Crippen LogP contribution is -2.66. The van der Waals surface area contributed by atoms with Crippen molar-refractivity contribution in [3.63, 3.8) is 0 Å². The summed E-state index contributed by atoms with van der Waals surface area (Å²) < 4.78 is 50.7. The van der Waals surface area contributed by atoms with E-state index in [1.54, 1.807) is 19.1 Å². The second kappa shape index (κ2) is 38.2. The Kier molecular flexibility index (Phi) is 28.2. The van der Waals surface area contributed by atoms with Gasteiger partial charge in [-0.3, -0.25) is 33.6 Å². The molecule has 7 aliphatic heterocycles. The largest absolute Gasteiger partial charge is 0.508 e. The van der Waals surface area contributed by atoms with Crippen LogP contribution in [0.3, 0.4) is 0 Å². The van der Waals surface area contributed by atoms with Crippen LogP contribution in [0.2, 0.25) is 15.1 Å². The summed E-state index contributed by atoms with van der Waals surface area (Å²) in [7, 11) is 2.63. The minimum atomic E-state index is -2.40. The minimum absolute atomic E-state index is 0.0750. The molecule has 14 rings (SSSR count). The number of carboxylic acid groups (broad SMARTS) is 1. The zero-order valence-electron chi connectivity index (χ0n) is 66.0. The first-order valence-corrected chi connectivity index (χ1v) is 39.5. The number of hydrogen-bond acceptors (Lipinski definition) is 28. The molecule has 0 aromatic heterocycles. The van der Waals surface area contributed by atoms with Gasteiger partial charge >= 0.3 is 11.9 Å². The van der Waals surface area contributed by atoms with E-state index < -0.39 is 254 Å². The third-order valence-electron chi connectivity index (χ3n) is 21.5. The van der Waals surface area contributed by atoms with Crippen molar-refractivity contribution in [2.75, 3.05) is 27.3 Å². The number of carbonyl (C=O) groups is 9. The van der Waals surface area contributed by atoms with Crippen molar-refractivity contribution in [3.05, 3.63) is 176 Å². The number of phenols is 3. The van der Waals surface area contributed by atoms with Crippen LogP contribution in [0.1, 0.15) is 111 Å². The molecule has 7 aliphatic rings. The predicted octanol–water partition coefficient (Wildman–Crippen LogP) is 3.82. The molecule has 36 nitrogen and oxygen atoms in total. The van der Waals surface area contributed by atoms with E-state index in [0.29, 0.717) is 10.6 Å². The molecule has 39 heteroatoms. The summed E-state index contributed by atoms with van der Waals surface area (Å²) in [5.74, 6) is -17.2. The first kappa shape index (κ1) is 90.2. The SMILES string of the molecule is CN[C@H](CC(C)C)C(=O)NC1C(=O)NC(CC(N)=O)C(=O)N[C@H]2C(=O)NC3C(=O)N[C@H](C(=O)N[C@@H](C(=O)O)c4cc(O)cc(O)c4-c4cc3ccc4O)[C@H](O)c3ccc(c(Cl)c3)Oc3cc2cc(c3OC2OC(CO)C(O)C(O)C2OC2CC(C)(NCC(OCc3ccc(-c4ccc(Cl)cc4)cc3)C(=O)OC)C(O)C(C)O2)Oc2ccc(cc2Cl)[C@H]1O. The molecule has 0 aliphatic carbocycles. The van der Waals surface area contributed by atoms with E-state index in [9.17, 15) is 79.8 Å². The number of esters is 1. The van der Waals surface area contributed by atoms with Gasteiger partial charge in [0, 0.05) is 46.3 Å². The van der Waals surface area contributed by atoms with Gasteiger partial charge in [0.15, 0.2) is 36.0 Å². The Balaban J connectivity index is 1.01. The highest BCUT2D eigenvalue weighted by atomic mass is 35.5. The van der Waals surface area contributed by atoms with Gasteiger partial charge in [0.2, 0.25) is 53.4 Å². The number of amides is 7. The molecule has 650 valence electrons. The summed E-state index contributed by atoms with van der Waals surface area (Å²) in [5, 5.41) is 137. The molecule has 0 radical (unpaired) electrons. The van der Waals surface area contributed by atoms with Crippen molar-refractivity contribution < 1.29 is 132 Å². The van der Waals surface area contributed by atoms with Crippen LogP contribution in [0.25, 0.3) is 22.3 Å². The van der Waals surface area contributed by atoms with Crippen LogP contribution in [-0.2, 0) is 73.4 Å². The maximum absolute atomic E-state index is 16.2. The van der Waals surface area contributed by atoms with E-state index in [-0.39, 0.29) is 54.4 Å². The van der Waals surface area contributed by atoms with Gasteiger partial charge in [0.1, 0.15) is 89.5 Å². The molecular weight excluding hydrogens is 1660 g/mol. The van der Waals surface area contributed by atoms with E-state index in [1.807, 2.05) is 50.2 Å². The van der Waals surface area contributed by atoms with Crippen LogP contribution in [0.5, 0.6) is 46.0 Å². The zero-order chi connectivity index (χ0) is 88.2. The Labute approximate surface area is 711 Å². The summed E-state index contributed by atoms with van der Waals surface area (Å²) >= 11 is 20.4. The highest BCUT2D eigenvalue weighted by Gasteiger charge is 2.53. The summed E-state index contributed by atoms with van der Waals surface area (Å²) in [6, 6.07) is 13.5. The smallest absolute Gasteiger partial charge is 0.336 e. The van der Waals surface area contributed by atoms with Crippen molar-refractivity contribution in [1.29, 1.82) is 0 Å². The van der Waals surface area contributed by atoms with Crippen LogP contribution >= 0.6 is 34.8 Å². The van der Waals surface area contributed by atoms with Crippen LogP contribution in [0.4, 0.5) is 0 Å². The van der Waals surface area contributed by atoms with Crippen LogP contribution in [0.15, 0.2) is 127 Å². The second-order valence-corrected chi connectivity index (χ2v) is 31.8. The fraction of sp³-hybridized carbons (Fsp3) is 0.386. The van der Waals surface area contributed by atoms with Gasteiger partial charge in [0.25, 0.3) is 0 Å². The third-order valence-corrected chi connectivity index (χ3v) is 22.3. The molecule has 19 atom stereocenters. The summed E-state index contributed by atoms with van der Waals surface area (Å²) in [4.78, 5) is 132. The van der Waals surface area contributed by atoms with Gasteiger partial charge in [0.05, 0.1) is 55.0 Å². The van der Waals surface area contributed by atoms with Gasteiger partial charge in [-0.25, -0.2) is 9.59 Å². The topological polar surface area (TPSA) is 552 Å². The molecule has 11 bridgehead atoms. The number of benzene rings is 7. The van der Waals surface area contributed by atoms with Crippen molar-refractivity contribution >= 4 is 88.1 Å². The number of methoxy groups -OCH3 is 1. The predicted molar refractivity (Wildman–Crippen MR) is 431 cm³/mol. The molecule has 0 spiro atoms. The average Bonchev–Trinajstić information content (AvgIpc) is 0.764. The van der Waals surface area contributed by atoms with Gasteiger partial charge in [-0.15, -0.1) is 0 Å². The molecule has 122 heavy (non-hydrogen) atoms. The number of ether oxygens (including phenoxy) is 8. The molecule has 0 saturated carbocycles. The Bertz CT molecular complexity index is 5130. The summed E-state index contributed by atoms with van der Waals surface area (Å²) in [5.41, 5.74) is 3.77. The average molecular weight is 1750 g/mol. The first-order chi connectivity index (χ1) is 57.9. The van der Waals surface area contributed by atoms with E-state index in [4.69, 9.17) is 78.4 Å². The molecule has 20 N–H and O–H groups in total. The highest BCUT2D eigenvalue weighted by molar-refractivity contribution is 6.32. The quantitative estimate of drug-likeness (QED) is 0.0455. The van der Waals surface area contributed by atoms with E-state index in [1.165, 1.54) is 26.1 Å². The first-order valence-electron chi connectivity index (χ1n) is 38.4. The normalized spacial score (nSPS) is 26.6. The fourth-order valence-electron chi connectivity index (χ4n) is 14.9. The fourth-order valence-corrected chi connectivity index (χ4v) is 15.5. The Morgan fingerprint density at radius 2 is 1.28 bits per heavy atom. The Morgan fingerprint density at radius 1 is 0.672 bits per heavy atom. The standard InChI is InChI=1S/C83H90Cl3N9O27/c1-34(2)21-49(88-5)74(106)94-65-67(101)40-14-19-53(47(85)23-40)118-55-25-42-26-56(71(55)122-82-72(70(104)69(103)58(32-96)120-82)121-60-30-83(4,73(105)35(3)117-60)89-31-57(81(114)115-6)116-33-36-7-9-37(10-8-36)38-11-16-43(84)17-12-38)119-54-20-15-41(24-48(54)86)68(102)66-79(111)93-64(80(112)113)46-27-44(97)28-52(99)61(46)45-22-39(13-18-51(45)98)62(76(108)95-66)92-77(109)63(42)91-75(107)50(29-59(87)100)90-78(65)110/h7-20,22-28,34-35,49-50,57-58,60,62-70,72-73,82,88-89,96-99,101-105H,21,29-33H2,1-6H3,(H2,87,100)(H,90,110)(H,91,107)(H,92,109)(H,93,111)(H,94,106)(H,95,108)(H,112,113)/t35?,49-,50?,57?,58?,60?,62?,63-,64-,65?,66+,67-,68-,69?,70?,72?,73?,82?,83?/m1/s1. The summed E-state index contributed by atoms with van der Waals surface area (Å²) in [6.07, 6.45) is -21.0. The maximum atomic E-state index is 16.2. The van der Waals surface area contributed by atoms with Crippen LogP contribution < -0.4 is 62.5 Å². The number of nitrogens with two attached hydrogens (primary N) is 1. The highest BCUT2D eigenvalue weighted by Crippen LogP contribution is 2.50. The van der Waals surface area contributed by atoms with Crippen LogP contribution in [0, 0.1) is 5.92 Å². The number of likely N-dealkylation sites (N-methyl/N-ethyl adjacent to an activating group) is 1. The number of carboxylic acids is 1. The number of aliphatic hydroxyl groups is 6. The van der Waals surface area contributed by atoms with Crippen molar-refractivity contribution in [1.82, 2.24) is 42.5 Å². The number of nitrogens with one attached hydrogen (secondary N) is 8. The third kappa shape index (κ3) is 20.0. The molecule has 7 aromatic carbocycles. The van der Waals surface area contributed by atoms with Crippen molar-refractivity contribution in [2.24, 2.45) is 11.7 Å². The van der Waals surface area contributed by atoms with Gasteiger partial charge in [-0.1, -0.05) is 103 Å². The molecule has 7 heterocycles. The number of hydrogen-bond donors (Lipinski definition) is 19. The van der Waals surface area contributed by atoms with Crippen molar-refractivity contribution in [3.8, 4) is 68.2 Å². The monoisotopic (exact) mass is 1750 g/mol. The number of phenolic OH excluding ortho intramolecular Hbond substituents is 3. The maximum Gasteiger partial charge on any atom is 0.336 e. The Hall–Kier alpha value is -11.0. The number of primary amides is 1. The lowest BCUT2D eigenvalue weighted by Gasteiger charge is -2.48. The van der Waals surface area contributed by atoms with Gasteiger partial charge < -0.3 is 137 Å². The number of aromatic hydroxyl groups is 3. The number of aliphatic hydroxyl groups excluding tert-OH is 6. The van der Waals surface area contributed by atoms with Gasteiger partial charge in [-0.05, 0) is 139 Å². The lowest BCUT2D eigenvalue weighted by atomic mass is 9.84. The van der Waals surface area contributed by atoms with Crippen molar-refractivity contribution in [2.45, 2.75) is 169 Å². The number of carbonyl (C=O) groups excluding carboxylic acids is 8. The molecule has 2 fully saturated rings. The molecule has 7 amide bonds. The van der Waals surface area contributed by atoms with E-state index in [2.05, 4.69) is 42.5 Å². The molecule has 2 saturated heterocycles. The number of halogens is 3. The molecule has 13 unspecified atom stereocenters. The van der Waals surface area contributed by atoms with Crippen LogP contribution in [-0.4, -0.2) is 217 Å². The Morgan fingerprint density at radius 3 is 1.88 bits per heavy atom. The second-order valence-electron chi connectivity index (χ2n) is 30.5. The van der Waals surface area contributed by atoms with E-state index in [0.717, 1.165) is 85.0 Å². The number of rotatable bonds is 21. The number of fused-ring (bicyclic) bond motifs is 15. The summed E-state index contributed by atoms with van der Waals surface area (Å²) in [6.45, 7) is 5.30. The lowest BCUT2D eigenvalue weighted by molar-refractivity contribution is -0.334. The zero-order valence-corrected chi connectivity index (χ0v) is 68.2. The minimum Gasteiger partial charge on any atom is -0.508 e. The van der Waals surface area contributed by atoms with E-state index >= 15 is 14.4 Å².